The van der Waals surface area contributed by atoms with Crippen LogP contribution in [0.2, 0.25) is 0 Å². The van der Waals surface area contributed by atoms with E-state index >= 15 is 0 Å². The van der Waals surface area contributed by atoms with Gasteiger partial charge in [0.25, 0.3) is 5.56 Å². The molecule has 5 rings (SSSR count). The Labute approximate surface area is 206 Å². The maximum absolute atomic E-state index is 14.9. The Morgan fingerprint density at radius 3 is 2.58 bits per heavy atom. The summed E-state index contributed by atoms with van der Waals surface area (Å²) in [7, 11) is 0. The standard InChI is InChI=1S/C27H25FN6O2/c1-3-34(4-2)27(36)31-26-29-22-12-10-17(15-24(22)30-26)20-13-16(9-11-21(20)28)14-23-18-7-5-6-8-19(18)25(35)33-32-23/h5-13,15H,3-4,14H2,1-2H3,(H,33,35)(H2,29,30,31,36). The van der Waals surface area contributed by atoms with E-state index in [1.54, 1.807) is 29.2 Å². The molecule has 0 atom stereocenters. The van der Waals surface area contributed by atoms with Crippen molar-refractivity contribution in [1.29, 1.82) is 0 Å². The zero-order valence-electron chi connectivity index (χ0n) is 19.9. The number of urea groups is 1. The third kappa shape index (κ3) is 4.43. The molecule has 0 saturated carbocycles. The number of hydrogen-bond acceptors (Lipinski definition) is 4. The second-order valence-corrected chi connectivity index (χ2v) is 8.46. The molecule has 2 aromatic heterocycles. The number of nitrogens with one attached hydrogen (secondary N) is 3. The Bertz CT molecular complexity index is 1640. The highest BCUT2D eigenvalue weighted by Gasteiger charge is 2.14. The summed E-state index contributed by atoms with van der Waals surface area (Å²) in [6, 6.07) is 17.4. The molecule has 0 aliphatic heterocycles. The number of rotatable bonds is 6. The molecule has 0 unspecified atom stereocenters. The number of halogens is 1. The first-order valence-electron chi connectivity index (χ1n) is 11.8. The molecule has 9 heteroatoms. The lowest BCUT2D eigenvalue weighted by atomic mass is 9.98. The molecule has 0 bridgehead atoms. The zero-order valence-corrected chi connectivity index (χ0v) is 19.9. The molecule has 3 N–H and O–H groups in total. The molecule has 182 valence electrons. The minimum Gasteiger partial charge on any atom is -0.325 e. The van der Waals surface area contributed by atoms with Gasteiger partial charge in [0.1, 0.15) is 5.82 Å². The van der Waals surface area contributed by atoms with Crippen LogP contribution in [0.4, 0.5) is 15.1 Å². The summed E-state index contributed by atoms with van der Waals surface area (Å²) in [6.07, 6.45) is 0.427. The number of imidazole rings is 1. The number of carbonyl (C=O) groups excluding carboxylic acids is 1. The van der Waals surface area contributed by atoms with Crippen LogP contribution in [0, 0.1) is 5.82 Å². The molecule has 0 spiro atoms. The van der Waals surface area contributed by atoms with Crippen molar-refractivity contribution in [2.75, 3.05) is 18.4 Å². The number of amides is 2. The summed E-state index contributed by atoms with van der Waals surface area (Å²) >= 11 is 0. The van der Waals surface area contributed by atoms with Crippen molar-refractivity contribution < 1.29 is 9.18 Å². The smallest absolute Gasteiger partial charge is 0.324 e. The minimum atomic E-state index is -0.358. The average molecular weight is 485 g/mol. The predicted molar refractivity (Wildman–Crippen MR) is 139 cm³/mol. The van der Waals surface area contributed by atoms with Crippen LogP contribution in [-0.4, -0.2) is 44.2 Å². The van der Waals surface area contributed by atoms with Crippen molar-refractivity contribution in [3.63, 3.8) is 0 Å². The highest BCUT2D eigenvalue weighted by Crippen LogP contribution is 2.28. The van der Waals surface area contributed by atoms with Crippen LogP contribution in [0.25, 0.3) is 32.9 Å². The molecule has 8 nitrogen and oxygen atoms in total. The summed E-state index contributed by atoms with van der Waals surface area (Å²) in [6.45, 7) is 5.00. The van der Waals surface area contributed by atoms with Gasteiger partial charge in [0.15, 0.2) is 0 Å². The number of hydrogen-bond donors (Lipinski definition) is 3. The highest BCUT2D eigenvalue weighted by atomic mass is 19.1. The molecule has 2 amide bonds. The van der Waals surface area contributed by atoms with Gasteiger partial charge >= 0.3 is 6.03 Å². The van der Waals surface area contributed by atoms with Crippen molar-refractivity contribution in [3.8, 4) is 11.1 Å². The summed E-state index contributed by atoms with van der Waals surface area (Å²) < 4.78 is 14.9. The van der Waals surface area contributed by atoms with Crippen molar-refractivity contribution >= 4 is 33.8 Å². The van der Waals surface area contributed by atoms with Crippen LogP contribution in [0.15, 0.2) is 65.5 Å². The first-order chi connectivity index (χ1) is 17.5. The van der Waals surface area contributed by atoms with E-state index in [1.807, 2.05) is 44.2 Å². The molecule has 0 fully saturated rings. The molecule has 0 saturated heterocycles. The molecule has 0 radical (unpaired) electrons. The van der Waals surface area contributed by atoms with Crippen molar-refractivity contribution in [1.82, 2.24) is 25.1 Å². The quantitative estimate of drug-likeness (QED) is 0.313. The molecular formula is C27H25FN6O2. The van der Waals surface area contributed by atoms with Crippen LogP contribution in [0.1, 0.15) is 25.1 Å². The lowest BCUT2D eigenvalue weighted by molar-refractivity contribution is 0.217. The number of carbonyl (C=O) groups is 1. The topological polar surface area (TPSA) is 107 Å². The van der Waals surface area contributed by atoms with Crippen LogP contribution in [0.5, 0.6) is 0 Å². The van der Waals surface area contributed by atoms with Crippen LogP contribution in [0.3, 0.4) is 0 Å². The fourth-order valence-corrected chi connectivity index (χ4v) is 4.33. The largest absolute Gasteiger partial charge is 0.325 e. The summed E-state index contributed by atoms with van der Waals surface area (Å²) in [4.78, 5) is 33.7. The van der Waals surface area contributed by atoms with Crippen molar-refractivity contribution in [3.05, 3.63) is 88.1 Å². The number of nitrogens with zero attached hydrogens (tertiary/aromatic N) is 3. The van der Waals surface area contributed by atoms with Gasteiger partial charge in [-0.1, -0.05) is 30.3 Å². The van der Waals surface area contributed by atoms with Gasteiger partial charge < -0.3 is 9.88 Å². The van der Waals surface area contributed by atoms with Gasteiger partial charge in [0.05, 0.1) is 22.1 Å². The van der Waals surface area contributed by atoms with Gasteiger partial charge in [-0.2, -0.15) is 5.10 Å². The third-order valence-electron chi connectivity index (χ3n) is 6.25. The zero-order chi connectivity index (χ0) is 25.2. The molecular weight excluding hydrogens is 459 g/mol. The van der Waals surface area contributed by atoms with Gasteiger partial charge in [-0.3, -0.25) is 10.1 Å². The number of aromatic amines is 2. The van der Waals surface area contributed by atoms with E-state index in [1.165, 1.54) is 6.07 Å². The van der Waals surface area contributed by atoms with Gasteiger partial charge in [0.2, 0.25) is 5.95 Å². The second-order valence-electron chi connectivity index (χ2n) is 8.46. The van der Waals surface area contributed by atoms with E-state index < -0.39 is 0 Å². The SMILES string of the molecule is CCN(CC)C(=O)Nc1nc2cc(-c3cc(Cc4n[nH]c(=O)c5ccccc45)ccc3F)ccc2[nH]1. The molecule has 36 heavy (non-hydrogen) atoms. The Morgan fingerprint density at radius 1 is 1.03 bits per heavy atom. The maximum atomic E-state index is 14.9. The Morgan fingerprint density at radius 2 is 1.81 bits per heavy atom. The van der Waals surface area contributed by atoms with E-state index in [4.69, 9.17) is 0 Å². The number of anilines is 1. The van der Waals surface area contributed by atoms with Gasteiger partial charge in [-0.15, -0.1) is 0 Å². The van der Waals surface area contributed by atoms with Crippen LogP contribution in [-0.2, 0) is 6.42 Å². The normalized spacial score (nSPS) is 11.2. The molecule has 2 heterocycles. The molecule has 0 aliphatic rings. The van der Waals surface area contributed by atoms with Crippen molar-refractivity contribution in [2.24, 2.45) is 0 Å². The van der Waals surface area contributed by atoms with E-state index in [0.717, 1.165) is 16.5 Å². The Hall–Kier alpha value is -4.53. The summed E-state index contributed by atoms with van der Waals surface area (Å²) in [5.74, 6) is -0.0210. The fourth-order valence-electron chi connectivity index (χ4n) is 4.33. The lowest BCUT2D eigenvalue weighted by Crippen LogP contribution is -2.34. The highest BCUT2D eigenvalue weighted by molar-refractivity contribution is 5.91. The predicted octanol–water partition coefficient (Wildman–Crippen LogP) is 5.07. The third-order valence-corrected chi connectivity index (χ3v) is 6.25. The number of fused-ring (bicyclic) bond motifs is 2. The van der Waals surface area contributed by atoms with E-state index in [2.05, 4.69) is 25.5 Å². The van der Waals surface area contributed by atoms with Gasteiger partial charge in [-0.05, 0) is 55.3 Å². The minimum absolute atomic E-state index is 0.235. The maximum Gasteiger partial charge on any atom is 0.324 e. The summed E-state index contributed by atoms with van der Waals surface area (Å²) in [5.41, 5.74) is 3.75. The molecule has 3 aromatic carbocycles. The number of H-pyrrole nitrogens is 2. The van der Waals surface area contributed by atoms with Gasteiger partial charge in [-0.25, -0.2) is 19.3 Å². The Kier molecular flexibility index (Phi) is 6.20. The first kappa shape index (κ1) is 23.2. The van der Waals surface area contributed by atoms with Gasteiger partial charge in [0, 0.05) is 30.5 Å². The number of aromatic nitrogens is 4. The second kappa shape index (κ2) is 9.61. The van der Waals surface area contributed by atoms with E-state index in [0.29, 0.717) is 53.2 Å². The van der Waals surface area contributed by atoms with Crippen LogP contribution >= 0.6 is 0 Å². The number of benzene rings is 3. The van der Waals surface area contributed by atoms with Crippen molar-refractivity contribution in [2.45, 2.75) is 20.3 Å². The average Bonchev–Trinajstić information content (AvgIpc) is 3.29. The fraction of sp³-hybridized carbons (Fsp3) is 0.185. The summed E-state index contributed by atoms with van der Waals surface area (Å²) in [5, 5.41) is 10.9. The monoisotopic (exact) mass is 484 g/mol. The molecule has 0 aliphatic carbocycles. The van der Waals surface area contributed by atoms with Crippen LogP contribution < -0.4 is 10.9 Å². The Balaban J connectivity index is 1.45. The molecule has 5 aromatic rings. The van der Waals surface area contributed by atoms with E-state index in [-0.39, 0.29) is 17.4 Å². The first-order valence-corrected chi connectivity index (χ1v) is 11.8. The van der Waals surface area contributed by atoms with E-state index in [9.17, 15) is 14.0 Å². The lowest BCUT2D eigenvalue weighted by Gasteiger charge is -2.17.